The largest absolute Gasteiger partial charge is 0.380 e. The van der Waals surface area contributed by atoms with Crippen LogP contribution in [0.2, 0.25) is 0 Å². The molecule has 0 unspecified atom stereocenters. The van der Waals surface area contributed by atoms with Crippen LogP contribution in [0, 0.1) is 0 Å². The zero-order valence-electron chi connectivity index (χ0n) is 19.0. The van der Waals surface area contributed by atoms with Crippen molar-refractivity contribution in [3.8, 4) is 0 Å². The predicted octanol–water partition coefficient (Wildman–Crippen LogP) is 2.79. The van der Waals surface area contributed by atoms with Gasteiger partial charge < -0.3 is 20.4 Å². The zero-order chi connectivity index (χ0) is 22.6. The second-order valence-electron chi connectivity index (χ2n) is 9.09. The summed E-state index contributed by atoms with van der Waals surface area (Å²) in [5.41, 5.74) is 1.46. The van der Waals surface area contributed by atoms with Gasteiger partial charge in [0.2, 0.25) is 0 Å². The van der Waals surface area contributed by atoms with E-state index >= 15 is 0 Å². The number of carbonyl (C=O) groups is 2. The number of nitrogens with zero attached hydrogens (tertiary/aromatic N) is 4. The Bertz CT molecular complexity index is 912. The number of hydrogen-bond donors (Lipinski definition) is 2. The molecule has 8 heteroatoms. The minimum atomic E-state index is -0.330. The number of pyridine rings is 2. The van der Waals surface area contributed by atoms with E-state index in [1.54, 1.807) is 23.2 Å². The monoisotopic (exact) mass is 424 g/mol. The van der Waals surface area contributed by atoms with E-state index in [-0.39, 0.29) is 17.4 Å². The van der Waals surface area contributed by atoms with E-state index in [2.05, 4.69) is 39.3 Å². The Morgan fingerprint density at radius 1 is 1.03 bits per heavy atom. The van der Waals surface area contributed by atoms with Gasteiger partial charge in [0.05, 0.1) is 11.3 Å². The average molecular weight is 425 g/mol. The topological polar surface area (TPSA) is 90.5 Å². The first-order valence-corrected chi connectivity index (χ1v) is 10.7. The first-order chi connectivity index (χ1) is 14.6. The second-order valence-corrected chi connectivity index (χ2v) is 9.09. The molecule has 1 aliphatic rings. The third-order valence-corrected chi connectivity index (χ3v) is 4.83. The first kappa shape index (κ1) is 22.5. The number of amides is 2. The molecule has 0 aromatic carbocycles. The Morgan fingerprint density at radius 2 is 1.74 bits per heavy atom. The van der Waals surface area contributed by atoms with Crippen LogP contribution in [-0.2, 0) is 0 Å². The molecule has 166 valence electrons. The number of anilines is 2. The molecule has 8 nitrogen and oxygen atoms in total. The number of piperazine rings is 1. The van der Waals surface area contributed by atoms with Crippen molar-refractivity contribution in [1.29, 1.82) is 0 Å². The lowest BCUT2D eigenvalue weighted by molar-refractivity contribution is 0.0739. The second kappa shape index (κ2) is 9.32. The summed E-state index contributed by atoms with van der Waals surface area (Å²) in [6, 6.07) is 7.53. The van der Waals surface area contributed by atoms with Crippen LogP contribution in [0.25, 0.3) is 0 Å². The van der Waals surface area contributed by atoms with Crippen molar-refractivity contribution in [1.82, 2.24) is 20.2 Å². The van der Waals surface area contributed by atoms with Gasteiger partial charge in [-0.1, -0.05) is 0 Å². The van der Waals surface area contributed by atoms with Gasteiger partial charge in [-0.15, -0.1) is 0 Å². The number of carbonyl (C=O) groups excluding carboxylic acids is 2. The van der Waals surface area contributed by atoms with Crippen molar-refractivity contribution < 1.29 is 9.59 Å². The Morgan fingerprint density at radius 3 is 2.32 bits per heavy atom. The van der Waals surface area contributed by atoms with Crippen molar-refractivity contribution in [2.45, 2.75) is 46.2 Å². The van der Waals surface area contributed by atoms with E-state index in [0.717, 1.165) is 11.5 Å². The van der Waals surface area contributed by atoms with E-state index in [0.29, 0.717) is 43.5 Å². The van der Waals surface area contributed by atoms with Crippen LogP contribution < -0.4 is 15.5 Å². The van der Waals surface area contributed by atoms with Crippen LogP contribution >= 0.6 is 0 Å². The molecule has 0 spiro atoms. The third kappa shape index (κ3) is 5.93. The van der Waals surface area contributed by atoms with E-state index in [9.17, 15) is 9.59 Å². The van der Waals surface area contributed by atoms with E-state index in [1.165, 1.54) is 6.20 Å². The average Bonchev–Trinajstić information content (AvgIpc) is 2.72. The number of aromatic nitrogens is 2. The van der Waals surface area contributed by atoms with Gasteiger partial charge in [0.15, 0.2) is 5.82 Å². The summed E-state index contributed by atoms with van der Waals surface area (Å²) in [4.78, 5) is 37.9. The Balaban J connectivity index is 1.61. The summed E-state index contributed by atoms with van der Waals surface area (Å²) in [6.45, 7) is 12.5. The molecule has 0 saturated carbocycles. The number of rotatable bonds is 5. The molecule has 2 aromatic rings. The Hall–Kier alpha value is -3.16. The van der Waals surface area contributed by atoms with Crippen molar-refractivity contribution in [3.63, 3.8) is 0 Å². The fourth-order valence-electron chi connectivity index (χ4n) is 3.42. The van der Waals surface area contributed by atoms with Crippen LogP contribution in [0.1, 0.15) is 55.5 Å². The fraction of sp³-hybridized carbons (Fsp3) is 0.478. The maximum atomic E-state index is 12.9. The maximum absolute atomic E-state index is 12.9. The van der Waals surface area contributed by atoms with Gasteiger partial charge in [0.1, 0.15) is 5.69 Å². The summed E-state index contributed by atoms with van der Waals surface area (Å²) < 4.78 is 0. The van der Waals surface area contributed by atoms with E-state index < -0.39 is 0 Å². The number of nitrogens with one attached hydrogen (secondary N) is 2. The van der Waals surface area contributed by atoms with Gasteiger partial charge in [-0.25, -0.2) is 4.98 Å². The quantitative estimate of drug-likeness (QED) is 0.767. The molecule has 0 atom stereocenters. The van der Waals surface area contributed by atoms with Crippen LogP contribution in [0.15, 0.2) is 36.7 Å². The van der Waals surface area contributed by atoms with Gasteiger partial charge in [-0.2, -0.15) is 0 Å². The lowest BCUT2D eigenvalue weighted by Crippen LogP contribution is -2.49. The molecular formula is C23H32N6O2. The maximum Gasteiger partial charge on any atom is 0.272 e. The van der Waals surface area contributed by atoms with Gasteiger partial charge in [-0.05, 0) is 58.9 Å². The number of hydrogen-bond acceptors (Lipinski definition) is 6. The van der Waals surface area contributed by atoms with Crippen molar-refractivity contribution in [2.24, 2.45) is 0 Å². The fourth-order valence-corrected chi connectivity index (χ4v) is 3.42. The zero-order valence-corrected chi connectivity index (χ0v) is 19.0. The van der Waals surface area contributed by atoms with Crippen molar-refractivity contribution in [2.75, 3.05) is 36.4 Å². The molecular weight excluding hydrogens is 392 g/mol. The van der Waals surface area contributed by atoms with Crippen molar-refractivity contribution >= 4 is 23.3 Å². The highest BCUT2D eigenvalue weighted by atomic mass is 16.2. The molecule has 0 aliphatic carbocycles. The Labute approximate surface area is 184 Å². The molecule has 0 bridgehead atoms. The molecule has 1 saturated heterocycles. The lowest BCUT2D eigenvalue weighted by atomic mass is 10.1. The third-order valence-electron chi connectivity index (χ3n) is 4.83. The summed E-state index contributed by atoms with van der Waals surface area (Å²) in [7, 11) is 0. The summed E-state index contributed by atoms with van der Waals surface area (Å²) >= 11 is 0. The SMILES string of the molecule is CC(C)Nc1cccnc1N1CCN(C(=O)c2ccc(C(=O)NC(C)(C)C)cn2)CC1. The van der Waals surface area contributed by atoms with Gasteiger partial charge in [-0.3, -0.25) is 14.6 Å². The van der Waals surface area contributed by atoms with E-state index in [1.807, 2.05) is 32.9 Å². The summed E-state index contributed by atoms with van der Waals surface area (Å²) in [5, 5.41) is 6.32. The molecule has 1 fully saturated rings. The molecule has 31 heavy (non-hydrogen) atoms. The van der Waals surface area contributed by atoms with Crippen LogP contribution in [0.4, 0.5) is 11.5 Å². The summed E-state index contributed by atoms with van der Waals surface area (Å²) in [6.07, 6.45) is 3.25. The van der Waals surface area contributed by atoms with Gasteiger partial charge in [0, 0.05) is 50.2 Å². The van der Waals surface area contributed by atoms with Crippen LogP contribution in [-0.4, -0.2) is 64.4 Å². The molecule has 1 aliphatic heterocycles. The van der Waals surface area contributed by atoms with Crippen LogP contribution in [0.5, 0.6) is 0 Å². The molecule has 2 N–H and O–H groups in total. The molecule has 2 amide bonds. The first-order valence-electron chi connectivity index (χ1n) is 10.7. The molecule has 2 aromatic heterocycles. The minimum absolute atomic E-state index is 0.121. The normalized spacial score (nSPS) is 14.5. The highest BCUT2D eigenvalue weighted by molar-refractivity contribution is 5.96. The molecule has 3 rings (SSSR count). The van der Waals surface area contributed by atoms with Crippen LogP contribution in [0.3, 0.4) is 0 Å². The predicted molar refractivity (Wildman–Crippen MR) is 123 cm³/mol. The molecule has 0 radical (unpaired) electrons. The lowest BCUT2D eigenvalue weighted by Gasteiger charge is -2.36. The van der Waals surface area contributed by atoms with Gasteiger partial charge in [0.25, 0.3) is 11.8 Å². The smallest absolute Gasteiger partial charge is 0.272 e. The van der Waals surface area contributed by atoms with Gasteiger partial charge >= 0.3 is 0 Å². The highest BCUT2D eigenvalue weighted by Crippen LogP contribution is 2.24. The standard InChI is InChI=1S/C23H32N6O2/c1-16(2)26-18-7-6-10-24-20(18)28-11-13-29(14-12-28)22(31)19-9-8-17(15-25-19)21(30)27-23(3,4)5/h6-10,15-16,26H,11-14H2,1-5H3,(H,27,30). The van der Waals surface area contributed by atoms with E-state index in [4.69, 9.17) is 0 Å². The molecule has 3 heterocycles. The minimum Gasteiger partial charge on any atom is -0.380 e. The van der Waals surface area contributed by atoms with Crippen molar-refractivity contribution in [3.05, 3.63) is 47.9 Å². The highest BCUT2D eigenvalue weighted by Gasteiger charge is 2.25. The Kier molecular flexibility index (Phi) is 6.77. The summed E-state index contributed by atoms with van der Waals surface area (Å²) in [5.74, 6) is 0.591.